The van der Waals surface area contributed by atoms with E-state index in [1.807, 2.05) is 0 Å². The highest BCUT2D eigenvalue weighted by Crippen LogP contribution is 2.63. The van der Waals surface area contributed by atoms with E-state index >= 15 is 0 Å². The van der Waals surface area contributed by atoms with Gasteiger partial charge in [-0.3, -0.25) is 4.79 Å². The average molecular weight is 244 g/mol. The molecule has 0 aromatic heterocycles. The zero-order valence-electron chi connectivity index (χ0n) is 10.8. The molecule has 2 fully saturated rings. The van der Waals surface area contributed by atoms with Crippen LogP contribution in [0.3, 0.4) is 0 Å². The van der Waals surface area contributed by atoms with Crippen LogP contribution in [0.5, 0.6) is 0 Å². The van der Waals surface area contributed by atoms with Crippen LogP contribution in [0.25, 0.3) is 0 Å². The first-order valence-electron chi connectivity index (χ1n) is 7.22. The number of esters is 1. The first-order valence-corrected chi connectivity index (χ1v) is 7.22. The Labute approximate surface area is 108 Å². The van der Waals surface area contributed by atoms with Crippen LogP contribution < -0.4 is 0 Å². The molecule has 0 N–H and O–H groups in total. The van der Waals surface area contributed by atoms with Gasteiger partial charge in [-0.25, -0.2) is 0 Å². The van der Waals surface area contributed by atoms with E-state index in [2.05, 4.69) is 24.3 Å². The summed E-state index contributed by atoms with van der Waals surface area (Å²) < 4.78 is 5.15. The van der Waals surface area contributed by atoms with E-state index in [1.165, 1.54) is 26.4 Å². The molecule has 2 saturated carbocycles. The summed E-state index contributed by atoms with van der Waals surface area (Å²) in [6.07, 6.45) is 14.1. The Balaban J connectivity index is 1.84. The van der Waals surface area contributed by atoms with E-state index < -0.39 is 0 Å². The van der Waals surface area contributed by atoms with Crippen LogP contribution in [-0.2, 0) is 9.53 Å². The first-order chi connectivity index (χ1) is 8.76. The van der Waals surface area contributed by atoms with Crippen molar-refractivity contribution in [2.45, 2.75) is 25.7 Å². The standard InChI is InChI=1S/C16H20O2/c1-18-15(17)16-8-6-11(7-9-16)13-10-2-4-12(5-3-10)14(13)16/h2,4,6,8,10-14H,3,5,7,9H2,1H3/t10-,11+,12+,13+,14+,16+/m1/s1. The molecule has 6 atom stereocenters. The number of hydrogen-bond acceptors (Lipinski definition) is 2. The second-order valence-corrected chi connectivity index (χ2v) is 6.49. The van der Waals surface area contributed by atoms with Crippen molar-refractivity contribution in [1.29, 1.82) is 0 Å². The lowest BCUT2D eigenvalue weighted by Gasteiger charge is -2.59. The quantitative estimate of drug-likeness (QED) is 0.523. The monoisotopic (exact) mass is 244 g/mol. The van der Waals surface area contributed by atoms with E-state index in [9.17, 15) is 4.79 Å². The molecule has 0 heterocycles. The fourth-order valence-electron chi connectivity index (χ4n) is 5.32. The van der Waals surface area contributed by atoms with Crippen LogP contribution >= 0.6 is 0 Å². The molecule has 0 unspecified atom stereocenters. The molecule has 0 saturated heterocycles. The zero-order valence-corrected chi connectivity index (χ0v) is 10.8. The number of hydrogen-bond donors (Lipinski definition) is 0. The minimum Gasteiger partial charge on any atom is -0.468 e. The predicted molar refractivity (Wildman–Crippen MR) is 68.6 cm³/mol. The van der Waals surface area contributed by atoms with Crippen LogP contribution in [0.1, 0.15) is 25.7 Å². The van der Waals surface area contributed by atoms with E-state index in [0.717, 1.165) is 6.42 Å². The summed E-state index contributed by atoms with van der Waals surface area (Å²) >= 11 is 0. The third kappa shape index (κ3) is 1.12. The van der Waals surface area contributed by atoms with Gasteiger partial charge in [0, 0.05) is 0 Å². The maximum atomic E-state index is 12.4. The normalized spacial score (nSPS) is 51.3. The number of allylic oxidation sites excluding steroid dienone is 3. The minimum atomic E-state index is -0.303. The Hall–Kier alpha value is -1.05. The highest BCUT2D eigenvalue weighted by molar-refractivity contribution is 5.80. The molecule has 0 aromatic carbocycles. The Morgan fingerprint density at radius 2 is 1.83 bits per heavy atom. The summed E-state index contributed by atoms with van der Waals surface area (Å²) in [6, 6.07) is 0. The van der Waals surface area contributed by atoms with Gasteiger partial charge in [0.25, 0.3) is 0 Å². The molecule has 18 heavy (non-hydrogen) atoms. The van der Waals surface area contributed by atoms with Crippen molar-refractivity contribution in [2.75, 3.05) is 7.11 Å². The van der Waals surface area contributed by atoms with Gasteiger partial charge in [0.2, 0.25) is 0 Å². The van der Waals surface area contributed by atoms with Crippen molar-refractivity contribution in [3.05, 3.63) is 24.3 Å². The van der Waals surface area contributed by atoms with Crippen molar-refractivity contribution in [3.63, 3.8) is 0 Å². The van der Waals surface area contributed by atoms with Crippen molar-refractivity contribution < 1.29 is 9.53 Å². The second kappa shape index (κ2) is 3.49. The maximum absolute atomic E-state index is 12.4. The zero-order chi connectivity index (χ0) is 12.3. The van der Waals surface area contributed by atoms with Gasteiger partial charge in [-0.15, -0.1) is 0 Å². The Bertz CT molecular complexity index is 450. The second-order valence-electron chi connectivity index (χ2n) is 6.49. The van der Waals surface area contributed by atoms with Gasteiger partial charge in [-0.05, 0) is 55.3 Å². The average Bonchev–Trinajstić information content (AvgIpc) is 2.49. The van der Waals surface area contributed by atoms with Gasteiger partial charge in [-0.1, -0.05) is 24.3 Å². The summed E-state index contributed by atoms with van der Waals surface area (Å²) in [7, 11) is 1.54. The first kappa shape index (κ1) is 10.8. The lowest BCUT2D eigenvalue weighted by Crippen LogP contribution is -2.57. The molecule has 2 heteroatoms. The van der Waals surface area contributed by atoms with Gasteiger partial charge < -0.3 is 4.74 Å². The molecule has 6 aliphatic rings. The van der Waals surface area contributed by atoms with Crippen LogP contribution in [0, 0.1) is 35.0 Å². The third-order valence-electron chi connectivity index (χ3n) is 6.00. The molecule has 4 bridgehead atoms. The summed E-state index contributed by atoms with van der Waals surface area (Å²) in [5, 5.41) is 0. The van der Waals surface area contributed by atoms with E-state index in [0.29, 0.717) is 29.6 Å². The molecular weight excluding hydrogens is 224 g/mol. The van der Waals surface area contributed by atoms with Crippen LogP contribution in [-0.4, -0.2) is 13.1 Å². The van der Waals surface area contributed by atoms with Gasteiger partial charge in [-0.2, -0.15) is 0 Å². The largest absolute Gasteiger partial charge is 0.468 e. The summed E-state index contributed by atoms with van der Waals surface area (Å²) in [6.45, 7) is 0. The smallest absolute Gasteiger partial charge is 0.315 e. The third-order valence-corrected chi connectivity index (χ3v) is 6.00. The van der Waals surface area contributed by atoms with Gasteiger partial charge in [0.15, 0.2) is 0 Å². The van der Waals surface area contributed by atoms with Crippen molar-refractivity contribution in [2.24, 2.45) is 35.0 Å². The molecule has 6 rings (SSSR count). The van der Waals surface area contributed by atoms with E-state index in [1.54, 1.807) is 0 Å². The molecular formula is C16H20O2. The number of methoxy groups -OCH3 is 1. The summed E-state index contributed by atoms with van der Waals surface area (Å²) in [4.78, 5) is 12.4. The fourth-order valence-corrected chi connectivity index (χ4v) is 5.32. The summed E-state index contributed by atoms with van der Waals surface area (Å²) in [5.41, 5.74) is -0.303. The van der Waals surface area contributed by atoms with Crippen LogP contribution in [0.2, 0.25) is 0 Å². The minimum absolute atomic E-state index is 0.00727. The molecule has 0 aromatic rings. The highest BCUT2D eigenvalue weighted by atomic mass is 16.5. The molecule has 0 aliphatic heterocycles. The van der Waals surface area contributed by atoms with Crippen LogP contribution in [0.4, 0.5) is 0 Å². The lowest BCUT2D eigenvalue weighted by atomic mass is 9.44. The van der Waals surface area contributed by atoms with Gasteiger partial charge in [0.1, 0.15) is 0 Å². The van der Waals surface area contributed by atoms with E-state index in [-0.39, 0.29) is 11.4 Å². The fraction of sp³-hybridized carbons (Fsp3) is 0.688. The topological polar surface area (TPSA) is 26.3 Å². The molecule has 0 amide bonds. The Morgan fingerprint density at radius 3 is 2.44 bits per heavy atom. The molecule has 0 radical (unpaired) electrons. The molecule has 96 valence electrons. The summed E-state index contributed by atoms with van der Waals surface area (Å²) in [5.74, 6) is 3.24. The van der Waals surface area contributed by atoms with E-state index in [4.69, 9.17) is 4.74 Å². The number of carbonyl (C=O) groups is 1. The van der Waals surface area contributed by atoms with Gasteiger partial charge >= 0.3 is 5.97 Å². The Kier molecular flexibility index (Phi) is 2.10. The lowest BCUT2D eigenvalue weighted by molar-refractivity contribution is -0.164. The van der Waals surface area contributed by atoms with Gasteiger partial charge in [0.05, 0.1) is 12.5 Å². The van der Waals surface area contributed by atoms with Crippen molar-refractivity contribution in [1.82, 2.24) is 0 Å². The van der Waals surface area contributed by atoms with Crippen LogP contribution in [0.15, 0.2) is 24.3 Å². The molecule has 0 spiro atoms. The maximum Gasteiger partial charge on any atom is 0.315 e. The number of ether oxygens (including phenoxy) is 1. The molecule has 2 nitrogen and oxygen atoms in total. The van der Waals surface area contributed by atoms with Crippen molar-refractivity contribution in [3.8, 4) is 0 Å². The number of rotatable bonds is 1. The number of carbonyl (C=O) groups excluding carboxylic acids is 1. The number of fused-ring (bicyclic) bond motifs is 2. The molecule has 6 aliphatic carbocycles. The SMILES string of the molecule is COC(=O)[C@@]12C=C[C@@H](CC1)[C@H]1[C@@H]2[C@H]2C=C[C@@H]1CC2. The van der Waals surface area contributed by atoms with Crippen molar-refractivity contribution >= 4 is 5.97 Å². The highest BCUT2D eigenvalue weighted by Gasteiger charge is 2.60. The Morgan fingerprint density at radius 1 is 1.11 bits per heavy atom. The predicted octanol–water partition coefficient (Wildman–Crippen LogP) is 2.95.